The number of halogens is 1. The van der Waals surface area contributed by atoms with Crippen molar-refractivity contribution in [1.29, 1.82) is 0 Å². The van der Waals surface area contributed by atoms with E-state index in [-0.39, 0.29) is 11.6 Å². The van der Waals surface area contributed by atoms with Crippen LogP contribution in [0.15, 0.2) is 52.3 Å². The second-order valence-electron chi connectivity index (χ2n) is 6.44. The minimum Gasteiger partial charge on any atom is -0.303 e. The summed E-state index contributed by atoms with van der Waals surface area (Å²) in [7, 11) is 0. The minimum absolute atomic E-state index is 0.0537. The third kappa shape index (κ3) is 5.60. The van der Waals surface area contributed by atoms with Gasteiger partial charge in [-0.1, -0.05) is 35.5 Å². The number of hydrogen-bond donors (Lipinski definition) is 2. The van der Waals surface area contributed by atoms with Crippen LogP contribution >= 0.6 is 23.4 Å². The van der Waals surface area contributed by atoms with Crippen LogP contribution in [0.25, 0.3) is 0 Å². The molecular weight excluding hydrogens is 400 g/mol. The lowest BCUT2D eigenvalue weighted by Gasteiger charge is -2.15. The van der Waals surface area contributed by atoms with Crippen molar-refractivity contribution in [3.8, 4) is 0 Å². The Morgan fingerprint density at radius 2 is 1.93 bits per heavy atom. The number of hydrazine groups is 1. The second kappa shape index (κ2) is 9.77. The van der Waals surface area contributed by atoms with Crippen LogP contribution < -0.4 is 10.9 Å². The SMILES string of the molecule is O=C(CCN1CCCC1)NNc1ccccc1Sc1ccc(Cl)cc1[N+](=O)[O-]. The van der Waals surface area contributed by atoms with Crippen molar-refractivity contribution in [2.45, 2.75) is 29.1 Å². The van der Waals surface area contributed by atoms with Gasteiger partial charge in [0.2, 0.25) is 5.91 Å². The number of nitrogens with zero attached hydrogens (tertiary/aromatic N) is 2. The molecule has 0 saturated carbocycles. The van der Waals surface area contributed by atoms with Gasteiger partial charge in [0.25, 0.3) is 5.69 Å². The lowest BCUT2D eigenvalue weighted by atomic mass is 10.3. The fourth-order valence-corrected chi connectivity index (χ4v) is 4.12. The fourth-order valence-electron chi connectivity index (χ4n) is 2.96. The van der Waals surface area contributed by atoms with Crippen molar-refractivity contribution in [1.82, 2.24) is 10.3 Å². The average molecular weight is 421 g/mol. The third-order valence-corrected chi connectivity index (χ3v) is 5.79. The summed E-state index contributed by atoms with van der Waals surface area (Å²) < 4.78 is 0. The number of anilines is 1. The molecule has 0 atom stereocenters. The Labute approximate surface area is 172 Å². The van der Waals surface area contributed by atoms with E-state index in [4.69, 9.17) is 11.6 Å². The Kier molecular flexibility index (Phi) is 7.13. The van der Waals surface area contributed by atoms with E-state index in [1.165, 1.54) is 30.7 Å². The molecule has 0 spiro atoms. The summed E-state index contributed by atoms with van der Waals surface area (Å²) in [6.07, 6.45) is 2.81. The van der Waals surface area contributed by atoms with Crippen LogP contribution in [-0.2, 0) is 4.79 Å². The molecule has 1 aliphatic heterocycles. The first-order chi connectivity index (χ1) is 13.5. The maximum Gasteiger partial charge on any atom is 0.284 e. The van der Waals surface area contributed by atoms with E-state index in [0.29, 0.717) is 22.0 Å². The topological polar surface area (TPSA) is 87.5 Å². The molecule has 148 valence electrons. The summed E-state index contributed by atoms with van der Waals surface area (Å²) >= 11 is 7.12. The molecule has 0 aromatic heterocycles. The molecule has 3 rings (SSSR count). The molecule has 0 radical (unpaired) electrons. The summed E-state index contributed by atoms with van der Waals surface area (Å²) in [5, 5.41) is 11.6. The summed E-state index contributed by atoms with van der Waals surface area (Å²) in [4.78, 5) is 26.5. The summed E-state index contributed by atoms with van der Waals surface area (Å²) in [6.45, 7) is 2.86. The maximum atomic E-state index is 12.1. The number of hydrogen-bond acceptors (Lipinski definition) is 6. The van der Waals surface area contributed by atoms with Crippen LogP contribution in [0.2, 0.25) is 5.02 Å². The molecule has 2 aromatic carbocycles. The van der Waals surface area contributed by atoms with Gasteiger partial charge in [-0.25, -0.2) is 0 Å². The molecule has 1 fully saturated rings. The van der Waals surface area contributed by atoms with Crippen LogP contribution in [0.1, 0.15) is 19.3 Å². The van der Waals surface area contributed by atoms with Gasteiger partial charge in [0.05, 0.1) is 15.5 Å². The van der Waals surface area contributed by atoms with Crippen molar-refractivity contribution in [2.75, 3.05) is 25.1 Å². The van der Waals surface area contributed by atoms with Gasteiger partial charge >= 0.3 is 0 Å². The minimum atomic E-state index is -0.454. The Balaban J connectivity index is 1.63. The van der Waals surface area contributed by atoms with Gasteiger partial charge in [0, 0.05) is 29.0 Å². The standard InChI is InChI=1S/C19H21ClN4O3S/c20-14-7-8-18(16(13-14)24(26)27)28-17-6-2-1-5-15(17)21-22-19(25)9-12-23-10-3-4-11-23/h1-2,5-8,13,21H,3-4,9-12H2,(H,22,25). The predicted octanol–water partition coefficient (Wildman–Crippen LogP) is 4.33. The van der Waals surface area contributed by atoms with E-state index in [9.17, 15) is 14.9 Å². The van der Waals surface area contributed by atoms with E-state index in [1.807, 2.05) is 24.3 Å². The van der Waals surface area contributed by atoms with E-state index in [0.717, 1.165) is 24.5 Å². The number of carbonyl (C=O) groups is 1. The molecule has 0 unspecified atom stereocenters. The molecule has 28 heavy (non-hydrogen) atoms. The number of rotatable bonds is 8. The van der Waals surface area contributed by atoms with Crippen LogP contribution in [-0.4, -0.2) is 35.4 Å². The normalized spacial score (nSPS) is 14.0. The zero-order valence-electron chi connectivity index (χ0n) is 15.2. The average Bonchev–Trinajstić information content (AvgIpc) is 3.20. The van der Waals surface area contributed by atoms with Crippen molar-refractivity contribution in [3.05, 3.63) is 57.6 Å². The number of carbonyl (C=O) groups excluding carboxylic acids is 1. The predicted molar refractivity (Wildman–Crippen MR) is 111 cm³/mol. The summed E-state index contributed by atoms with van der Waals surface area (Å²) in [5.41, 5.74) is 6.26. The van der Waals surface area contributed by atoms with E-state index in [2.05, 4.69) is 15.8 Å². The van der Waals surface area contributed by atoms with Gasteiger partial charge in [-0.2, -0.15) is 0 Å². The van der Waals surface area contributed by atoms with Gasteiger partial charge in [0.15, 0.2) is 0 Å². The van der Waals surface area contributed by atoms with Crippen molar-refractivity contribution in [2.24, 2.45) is 0 Å². The lowest BCUT2D eigenvalue weighted by molar-refractivity contribution is -0.387. The van der Waals surface area contributed by atoms with Crippen molar-refractivity contribution >= 4 is 40.6 Å². The van der Waals surface area contributed by atoms with Gasteiger partial charge in [0.1, 0.15) is 0 Å². The molecule has 2 aromatic rings. The number of benzene rings is 2. The Hall–Kier alpha value is -2.29. The largest absolute Gasteiger partial charge is 0.303 e. The highest BCUT2D eigenvalue weighted by Gasteiger charge is 2.17. The van der Waals surface area contributed by atoms with E-state index in [1.54, 1.807) is 12.1 Å². The molecular formula is C19H21ClN4O3S. The number of likely N-dealkylation sites (tertiary alicyclic amines) is 1. The van der Waals surface area contributed by atoms with Crippen LogP contribution in [0, 0.1) is 10.1 Å². The highest BCUT2D eigenvalue weighted by molar-refractivity contribution is 7.99. The first-order valence-corrected chi connectivity index (χ1v) is 10.2. The quantitative estimate of drug-likeness (QED) is 0.488. The van der Waals surface area contributed by atoms with E-state index < -0.39 is 4.92 Å². The summed E-state index contributed by atoms with van der Waals surface area (Å²) in [5.74, 6) is -0.0934. The second-order valence-corrected chi connectivity index (χ2v) is 7.96. The molecule has 1 amide bonds. The molecule has 0 bridgehead atoms. The first-order valence-electron chi connectivity index (χ1n) is 9.01. The smallest absolute Gasteiger partial charge is 0.284 e. The highest BCUT2D eigenvalue weighted by atomic mass is 35.5. The number of nitro groups is 1. The van der Waals surface area contributed by atoms with Gasteiger partial charge in [-0.3, -0.25) is 25.8 Å². The Morgan fingerprint density at radius 3 is 2.68 bits per heavy atom. The van der Waals surface area contributed by atoms with Crippen LogP contribution in [0.3, 0.4) is 0 Å². The first kappa shape index (κ1) is 20.4. The fraction of sp³-hybridized carbons (Fsp3) is 0.316. The number of nitro benzene ring substituents is 1. The third-order valence-electron chi connectivity index (χ3n) is 4.42. The molecule has 7 nitrogen and oxygen atoms in total. The molecule has 2 N–H and O–H groups in total. The highest BCUT2D eigenvalue weighted by Crippen LogP contribution is 2.39. The number of para-hydroxylation sites is 1. The monoisotopic (exact) mass is 420 g/mol. The zero-order valence-corrected chi connectivity index (χ0v) is 16.8. The molecule has 1 heterocycles. The zero-order chi connectivity index (χ0) is 19.9. The van der Waals surface area contributed by atoms with Crippen LogP contribution in [0.4, 0.5) is 11.4 Å². The van der Waals surface area contributed by atoms with Gasteiger partial charge in [-0.15, -0.1) is 0 Å². The Bertz CT molecular complexity index is 859. The van der Waals surface area contributed by atoms with Crippen LogP contribution in [0.5, 0.6) is 0 Å². The molecule has 1 saturated heterocycles. The Morgan fingerprint density at radius 1 is 1.18 bits per heavy atom. The molecule has 9 heteroatoms. The van der Waals surface area contributed by atoms with Crippen molar-refractivity contribution < 1.29 is 9.72 Å². The van der Waals surface area contributed by atoms with Gasteiger partial charge in [-0.05, 0) is 50.2 Å². The van der Waals surface area contributed by atoms with Gasteiger partial charge < -0.3 is 4.90 Å². The maximum absolute atomic E-state index is 12.1. The number of amides is 1. The van der Waals surface area contributed by atoms with E-state index >= 15 is 0 Å². The lowest BCUT2D eigenvalue weighted by Crippen LogP contribution is -2.33. The molecule has 1 aliphatic rings. The summed E-state index contributed by atoms with van der Waals surface area (Å²) in [6, 6.07) is 11.9. The molecule has 0 aliphatic carbocycles. The van der Waals surface area contributed by atoms with Crippen molar-refractivity contribution in [3.63, 3.8) is 0 Å². The number of nitrogens with one attached hydrogen (secondary N) is 2.